The molecule has 4 rings (SSSR count). The molecule has 2 aromatic rings. The minimum atomic E-state index is -2.55. The number of aromatic nitrogens is 3. The van der Waals surface area contributed by atoms with E-state index < -0.39 is 11.3 Å². The number of halogens is 2. The molecule has 0 bridgehead atoms. The van der Waals surface area contributed by atoms with Gasteiger partial charge in [-0.3, -0.25) is 9.48 Å². The van der Waals surface area contributed by atoms with Gasteiger partial charge in [0.15, 0.2) is 0 Å². The molecule has 25 heavy (non-hydrogen) atoms. The maximum Gasteiger partial charge on any atom is 0.272 e. The monoisotopic (exact) mass is 346 g/mol. The van der Waals surface area contributed by atoms with Crippen LogP contribution in [0.2, 0.25) is 0 Å². The lowest BCUT2D eigenvalue weighted by molar-refractivity contribution is 0.0282. The van der Waals surface area contributed by atoms with Crippen molar-refractivity contribution in [3.8, 4) is 11.3 Å². The van der Waals surface area contributed by atoms with Crippen LogP contribution in [0.25, 0.3) is 11.3 Å². The Balaban J connectivity index is 1.54. The first kappa shape index (κ1) is 16.2. The molecule has 1 aliphatic carbocycles. The summed E-state index contributed by atoms with van der Waals surface area (Å²) in [4.78, 5) is 19.0. The standard InChI is InChI=1S/C18H20F2N4O/c1-12-3-4-14(13-9-21-23(2)10-13)22-15(12)16(25)24-7-5-17(6-8-24)11-18(17,19)20/h3-4,9-10H,5-8,11H2,1-2H3. The van der Waals surface area contributed by atoms with Crippen molar-refractivity contribution in [2.45, 2.75) is 32.1 Å². The van der Waals surface area contributed by atoms with Crippen molar-refractivity contribution in [1.29, 1.82) is 0 Å². The van der Waals surface area contributed by atoms with Gasteiger partial charge in [-0.2, -0.15) is 5.10 Å². The third-order valence-corrected chi connectivity index (χ3v) is 5.52. The van der Waals surface area contributed by atoms with Crippen LogP contribution in [0.3, 0.4) is 0 Å². The zero-order valence-corrected chi connectivity index (χ0v) is 14.3. The number of carbonyl (C=O) groups is 1. The molecule has 3 heterocycles. The first-order valence-corrected chi connectivity index (χ1v) is 8.45. The number of piperidine rings is 1. The van der Waals surface area contributed by atoms with Gasteiger partial charge in [-0.25, -0.2) is 13.8 Å². The summed E-state index contributed by atoms with van der Waals surface area (Å²) in [6.07, 6.45) is 4.24. The van der Waals surface area contributed by atoms with Gasteiger partial charge < -0.3 is 4.90 Å². The molecule has 2 aromatic heterocycles. The Morgan fingerprint density at radius 2 is 1.92 bits per heavy atom. The van der Waals surface area contributed by atoms with Gasteiger partial charge in [0.2, 0.25) is 0 Å². The second kappa shape index (κ2) is 5.34. The van der Waals surface area contributed by atoms with Gasteiger partial charge in [-0.15, -0.1) is 0 Å². The fraction of sp³-hybridized carbons (Fsp3) is 0.500. The van der Waals surface area contributed by atoms with Crippen LogP contribution in [0.5, 0.6) is 0 Å². The predicted octanol–water partition coefficient (Wildman–Crippen LogP) is 3.05. The Bertz CT molecular complexity index is 837. The van der Waals surface area contributed by atoms with E-state index >= 15 is 0 Å². The third kappa shape index (κ3) is 2.62. The molecule has 132 valence electrons. The molecule has 0 atom stereocenters. The molecule has 2 fully saturated rings. The van der Waals surface area contributed by atoms with Crippen LogP contribution in [0.4, 0.5) is 8.78 Å². The quantitative estimate of drug-likeness (QED) is 0.840. The van der Waals surface area contributed by atoms with Gasteiger partial charge in [0.1, 0.15) is 5.69 Å². The summed E-state index contributed by atoms with van der Waals surface area (Å²) in [5.74, 6) is -2.72. The van der Waals surface area contributed by atoms with Crippen molar-refractivity contribution in [3.05, 3.63) is 35.8 Å². The Kier molecular flexibility index (Phi) is 3.46. The molecule has 7 heteroatoms. The number of likely N-dealkylation sites (tertiary alicyclic amines) is 1. The Morgan fingerprint density at radius 1 is 1.24 bits per heavy atom. The van der Waals surface area contributed by atoms with Gasteiger partial charge in [-0.05, 0) is 31.4 Å². The van der Waals surface area contributed by atoms with E-state index in [0.29, 0.717) is 37.3 Å². The summed E-state index contributed by atoms with van der Waals surface area (Å²) >= 11 is 0. The van der Waals surface area contributed by atoms with E-state index in [2.05, 4.69) is 10.1 Å². The zero-order chi connectivity index (χ0) is 17.8. The molecular formula is C18H20F2N4O. The van der Waals surface area contributed by atoms with Gasteiger partial charge in [0.05, 0.1) is 11.9 Å². The molecule has 1 saturated carbocycles. The van der Waals surface area contributed by atoms with Crippen LogP contribution in [0, 0.1) is 12.3 Å². The number of carbonyl (C=O) groups excluding carboxylic acids is 1. The topological polar surface area (TPSA) is 51.0 Å². The second-order valence-electron chi connectivity index (χ2n) is 7.22. The van der Waals surface area contributed by atoms with Crippen LogP contribution >= 0.6 is 0 Å². The third-order valence-electron chi connectivity index (χ3n) is 5.52. The maximum atomic E-state index is 13.5. The van der Waals surface area contributed by atoms with Crippen LogP contribution in [-0.4, -0.2) is 44.6 Å². The van der Waals surface area contributed by atoms with E-state index in [1.54, 1.807) is 15.8 Å². The molecular weight excluding hydrogens is 326 g/mol. The van der Waals surface area contributed by atoms with Crippen molar-refractivity contribution < 1.29 is 13.6 Å². The lowest BCUT2D eigenvalue weighted by Crippen LogP contribution is -2.41. The summed E-state index contributed by atoms with van der Waals surface area (Å²) in [6, 6.07) is 3.72. The fourth-order valence-corrected chi connectivity index (χ4v) is 3.67. The Hall–Kier alpha value is -2.31. The van der Waals surface area contributed by atoms with Gasteiger partial charge in [-0.1, -0.05) is 6.07 Å². The minimum absolute atomic E-state index is 0.0319. The maximum absolute atomic E-state index is 13.5. The molecule has 0 aromatic carbocycles. The molecule has 5 nitrogen and oxygen atoms in total. The van der Waals surface area contributed by atoms with Crippen molar-refractivity contribution in [1.82, 2.24) is 19.7 Å². The average Bonchev–Trinajstić information content (AvgIpc) is 2.91. The van der Waals surface area contributed by atoms with E-state index in [0.717, 1.165) is 11.1 Å². The minimum Gasteiger partial charge on any atom is -0.337 e. The summed E-state index contributed by atoms with van der Waals surface area (Å²) in [7, 11) is 1.82. The second-order valence-corrected chi connectivity index (χ2v) is 7.22. The number of alkyl halides is 2. The van der Waals surface area contributed by atoms with Crippen LogP contribution in [0.1, 0.15) is 35.3 Å². The number of hydrogen-bond acceptors (Lipinski definition) is 3. The van der Waals surface area contributed by atoms with Crippen molar-refractivity contribution in [3.63, 3.8) is 0 Å². The van der Waals surface area contributed by atoms with Crippen molar-refractivity contribution >= 4 is 5.91 Å². The highest BCUT2D eigenvalue weighted by atomic mass is 19.3. The molecule has 1 aliphatic heterocycles. The molecule has 1 amide bonds. The number of amides is 1. The summed E-state index contributed by atoms with van der Waals surface area (Å²) in [6.45, 7) is 2.58. The molecule has 2 aliphatic rings. The van der Waals surface area contributed by atoms with Gasteiger partial charge in [0.25, 0.3) is 11.8 Å². The van der Waals surface area contributed by atoms with Crippen molar-refractivity contribution in [2.24, 2.45) is 12.5 Å². The number of rotatable bonds is 2. The molecule has 1 spiro atoms. The van der Waals surface area contributed by atoms with E-state index in [9.17, 15) is 13.6 Å². The Labute approximate surface area is 144 Å². The molecule has 0 unspecified atom stereocenters. The van der Waals surface area contributed by atoms with Crippen LogP contribution in [-0.2, 0) is 7.05 Å². The number of pyridine rings is 1. The SMILES string of the molecule is Cc1ccc(-c2cnn(C)c2)nc1C(=O)N1CCC2(CC1)CC2(F)F. The Morgan fingerprint density at radius 3 is 2.48 bits per heavy atom. The zero-order valence-electron chi connectivity index (χ0n) is 14.3. The van der Waals surface area contributed by atoms with Gasteiger partial charge >= 0.3 is 0 Å². The van der Waals surface area contributed by atoms with Gasteiger partial charge in [0, 0.05) is 43.7 Å². The largest absolute Gasteiger partial charge is 0.337 e. The van der Waals surface area contributed by atoms with E-state index in [1.165, 1.54) is 0 Å². The molecule has 1 saturated heterocycles. The fourth-order valence-electron chi connectivity index (χ4n) is 3.67. The normalized spacial score (nSPS) is 20.7. The van der Waals surface area contributed by atoms with E-state index in [4.69, 9.17) is 0 Å². The first-order chi connectivity index (χ1) is 11.8. The average molecular weight is 346 g/mol. The van der Waals surface area contributed by atoms with Crippen LogP contribution < -0.4 is 0 Å². The number of nitrogens with zero attached hydrogens (tertiary/aromatic N) is 4. The highest BCUT2D eigenvalue weighted by Gasteiger charge is 2.70. The summed E-state index contributed by atoms with van der Waals surface area (Å²) in [5.41, 5.74) is 1.84. The highest BCUT2D eigenvalue weighted by molar-refractivity contribution is 5.94. The lowest BCUT2D eigenvalue weighted by Gasteiger charge is -2.32. The van der Waals surface area contributed by atoms with Crippen LogP contribution in [0.15, 0.2) is 24.5 Å². The van der Waals surface area contributed by atoms with Crippen molar-refractivity contribution in [2.75, 3.05) is 13.1 Å². The first-order valence-electron chi connectivity index (χ1n) is 8.45. The predicted molar refractivity (Wildman–Crippen MR) is 88.3 cm³/mol. The lowest BCUT2D eigenvalue weighted by atomic mass is 9.92. The molecule has 0 radical (unpaired) electrons. The number of aryl methyl sites for hydroxylation is 2. The summed E-state index contributed by atoms with van der Waals surface area (Å²) in [5, 5.41) is 4.13. The summed E-state index contributed by atoms with van der Waals surface area (Å²) < 4.78 is 28.7. The smallest absolute Gasteiger partial charge is 0.272 e. The number of hydrogen-bond donors (Lipinski definition) is 0. The van der Waals surface area contributed by atoms with E-state index in [-0.39, 0.29) is 12.3 Å². The molecule has 0 N–H and O–H groups in total. The van der Waals surface area contributed by atoms with E-state index in [1.807, 2.05) is 32.3 Å². The highest BCUT2D eigenvalue weighted by Crippen LogP contribution is 2.65.